The van der Waals surface area contributed by atoms with Gasteiger partial charge < -0.3 is 15.2 Å². The molecular weight excluding hydrogens is 298 g/mol. The maximum absolute atomic E-state index is 11.8. The summed E-state index contributed by atoms with van der Waals surface area (Å²) in [6.45, 7) is 2.87. The molecule has 2 aromatic rings. The SMILES string of the molecule is Cc1ccccc1OCCCNC(=O)c1cnc(C(=O)O)cn1. The van der Waals surface area contributed by atoms with Crippen molar-refractivity contribution in [2.45, 2.75) is 13.3 Å². The van der Waals surface area contributed by atoms with Gasteiger partial charge in [-0.15, -0.1) is 0 Å². The van der Waals surface area contributed by atoms with Crippen LogP contribution in [0.4, 0.5) is 0 Å². The Labute approximate surface area is 133 Å². The Kier molecular flexibility index (Phi) is 5.62. The van der Waals surface area contributed by atoms with Gasteiger partial charge in [-0.05, 0) is 25.0 Å². The molecule has 0 atom stereocenters. The van der Waals surface area contributed by atoms with E-state index in [-0.39, 0.29) is 11.4 Å². The molecule has 7 heteroatoms. The number of carbonyl (C=O) groups excluding carboxylic acids is 1. The fourth-order valence-corrected chi connectivity index (χ4v) is 1.82. The van der Waals surface area contributed by atoms with E-state index < -0.39 is 11.9 Å². The van der Waals surface area contributed by atoms with E-state index in [4.69, 9.17) is 9.84 Å². The Balaban J connectivity index is 1.72. The first kappa shape index (κ1) is 16.4. The lowest BCUT2D eigenvalue weighted by Gasteiger charge is -2.09. The summed E-state index contributed by atoms with van der Waals surface area (Å²) in [6, 6.07) is 7.71. The van der Waals surface area contributed by atoms with Crippen molar-refractivity contribution in [1.29, 1.82) is 0 Å². The van der Waals surface area contributed by atoms with Crippen molar-refractivity contribution in [1.82, 2.24) is 15.3 Å². The molecule has 0 saturated carbocycles. The zero-order valence-electron chi connectivity index (χ0n) is 12.7. The molecule has 0 fully saturated rings. The number of rotatable bonds is 7. The molecule has 0 aliphatic carbocycles. The molecule has 2 rings (SSSR count). The number of aryl methyl sites for hydroxylation is 1. The van der Waals surface area contributed by atoms with E-state index in [0.29, 0.717) is 19.6 Å². The van der Waals surface area contributed by atoms with Crippen molar-refractivity contribution < 1.29 is 19.4 Å². The van der Waals surface area contributed by atoms with E-state index >= 15 is 0 Å². The topological polar surface area (TPSA) is 101 Å². The summed E-state index contributed by atoms with van der Waals surface area (Å²) in [7, 11) is 0. The molecule has 1 amide bonds. The van der Waals surface area contributed by atoms with Gasteiger partial charge in [-0.25, -0.2) is 14.8 Å². The minimum absolute atomic E-state index is 0.0785. The van der Waals surface area contributed by atoms with E-state index in [2.05, 4.69) is 15.3 Å². The van der Waals surface area contributed by atoms with Crippen LogP contribution in [0, 0.1) is 6.92 Å². The maximum Gasteiger partial charge on any atom is 0.356 e. The largest absolute Gasteiger partial charge is 0.493 e. The van der Waals surface area contributed by atoms with Gasteiger partial charge >= 0.3 is 5.97 Å². The second-order valence-corrected chi connectivity index (χ2v) is 4.82. The van der Waals surface area contributed by atoms with Gasteiger partial charge in [0.25, 0.3) is 5.91 Å². The molecule has 0 aliphatic heterocycles. The second-order valence-electron chi connectivity index (χ2n) is 4.82. The Morgan fingerprint density at radius 2 is 1.87 bits per heavy atom. The summed E-state index contributed by atoms with van der Waals surface area (Å²) in [6.07, 6.45) is 2.84. The first-order chi connectivity index (χ1) is 11.1. The number of carboxylic acid groups (broad SMARTS) is 1. The number of hydrogen-bond donors (Lipinski definition) is 2. The molecule has 1 aromatic heterocycles. The van der Waals surface area contributed by atoms with Crippen LogP contribution in [0.5, 0.6) is 5.75 Å². The van der Waals surface area contributed by atoms with Crippen LogP contribution in [0.2, 0.25) is 0 Å². The van der Waals surface area contributed by atoms with Crippen molar-refractivity contribution >= 4 is 11.9 Å². The number of carbonyl (C=O) groups is 2. The normalized spacial score (nSPS) is 10.1. The lowest BCUT2D eigenvalue weighted by atomic mass is 10.2. The Morgan fingerprint density at radius 1 is 1.17 bits per heavy atom. The van der Waals surface area contributed by atoms with Gasteiger partial charge in [-0.1, -0.05) is 18.2 Å². The van der Waals surface area contributed by atoms with Crippen LogP contribution in [-0.2, 0) is 0 Å². The van der Waals surface area contributed by atoms with Crippen LogP contribution < -0.4 is 10.1 Å². The smallest absolute Gasteiger partial charge is 0.356 e. The highest BCUT2D eigenvalue weighted by Gasteiger charge is 2.10. The second kappa shape index (κ2) is 7.88. The van der Waals surface area contributed by atoms with Gasteiger partial charge in [0.2, 0.25) is 0 Å². The number of aromatic carboxylic acids is 1. The van der Waals surface area contributed by atoms with Crippen molar-refractivity contribution in [3.05, 3.63) is 53.6 Å². The predicted molar refractivity (Wildman–Crippen MR) is 82.6 cm³/mol. The fourth-order valence-electron chi connectivity index (χ4n) is 1.82. The van der Waals surface area contributed by atoms with E-state index in [1.807, 2.05) is 31.2 Å². The molecule has 2 N–H and O–H groups in total. The summed E-state index contributed by atoms with van der Waals surface area (Å²) >= 11 is 0. The minimum atomic E-state index is -1.18. The molecule has 0 unspecified atom stereocenters. The number of hydrogen-bond acceptors (Lipinski definition) is 5. The van der Waals surface area contributed by atoms with Crippen LogP contribution in [0.3, 0.4) is 0 Å². The third-order valence-corrected chi connectivity index (χ3v) is 3.06. The fraction of sp³-hybridized carbons (Fsp3) is 0.250. The van der Waals surface area contributed by atoms with Crippen LogP contribution in [0.15, 0.2) is 36.7 Å². The summed E-state index contributed by atoms with van der Waals surface area (Å²) in [5.41, 5.74) is 0.938. The van der Waals surface area contributed by atoms with Gasteiger partial charge in [0.1, 0.15) is 11.4 Å². The number of benzene rings is 1. The Bertz CT molecular complexity index is 686. The maximum atomic E-state index is 11.8. The van der Waals surface area contributed by atoms with Crippen LogP contribution in [0.1, 0.15) is 33.0 Å². The summed E-state index contributed by atoms with van der Waals surface area (Å²) < 4.78 is 5.62. The molecule has 1 heterocycles. The first-order valence-electron chi connectivity index (χ1n) is 7.10. The molecule has 0 saturated heterocycles. The number of carboxylic acids is 1. The number of aromatic nitrogens is 2. The van der Waals surface area contributed by atoms with Crippen molar-refractivity contribution in [2.24, 2.45) is 0 Å². The molecular formula is C16H17N3O4. The van der Waals surface area contributed by atoms with Crippen molar-refractivity contribution in [2.75, 3.05) is 13.2 Å². The van der Waals surface area contributed by atoms with E-state index in [0.717, 1.165) is 23.7 Å². The number of nitrogens with one attached hydrogen (secondary N) is 1. The van der Waals surface area contributed by atoms with E-state index in [9.17, 15) is 9.59 Å². The third kappa shape index (κ3) is 4.77. The average Bonchev–Trinajstić information content (AvgIpc) is 2.56. The zero-order chi connectivity index (χ0) is 16.7. The Morgan fingerprint density at radius 3 is 2.52 bits per heavy atom. The molecule has 0 radical (unpaired) electrons. The molecule has 0 aliphatic rings. The highest BCUT2D eigenvalue weighted by Crippen LogP contribution is 2.15. The molecule has 23 heavy (non-hydrogen) atoms. The van der Waals surface area contributed by atoms with Gasteiger partial charge in [0.05, 0.1) is 19.0 Å². The highest BCUT2D eigenvalue weighted by atomic mass is 16.5. The van der Waals surface area contributed by atoms with Gasteiger partial charge in [-0.2, -0.15) is 0 Å². The summed E-state index contributed by atoms with van der Waals surface area (Å²) in [5, 5.41) is 11.4. The lowest BCUT2D eigenvalue weighted by Crippen LogP contribution is -2.26. The average molecular weight is 315 g/mol. The summed E-state index contributed by atoms with van der Waals surface area (Å²) in [4.78, 5) is 29.9. The number of nitrogens with zero attached hydrogens (tertiary/aromatic N) is 2. The van der Waals surface area contributed by atoms with Crippen LogP contribution in [0.25, 0.3) is 0 Å². The van der Waals surface area contributed by atoms with Gasteiger partial charge in [0.15, 0.2) is 5.69 Å². The number of para-hydroxylation sites is 1. The van der Waals surface area contributed by atoms with E-state index in [1.165, 1.54) is 0 Å². The molecule has 120 valence electrons. The van der Waals surface area contributed by atoms with Crippen molar-refractivity contribution in [3.63, 3.8) is 0 Å². The monoisotopic (exact) mass is 315 g/mol. The highest BCUT2D eigenvalue weighted by molar-refractivity contribution is 5.92. The first-order valence-corrected chi connectivity index (χ1v) is 7.10. The third-order valence-electron chi connectivity index (χ3n) is 3.06. The Hall–Kier alpha value is -2.96. The minimum Gasteiger partial charge on any atom is -0.493 e. The predicted octanol–water partition coefficient (Wildman–Crippen LogP) is 1.68. The standard InChI is InChI=1S/C16H17N3O4/c1-11-5-2-3-6-14(11)23-8-4-7-17-15(20)12-9-19-13(10-18-12)16(21)22/h2-3,5-6,9-10H,4,7-8H2,1H3,(H,17,20)(H,21,22). The quantitative estimate of drug-likeness (QED) is 0.754. The molecule has 7 nitrogen and oxygen atoms in total. The van der Waals surface area contributed by atoms with Crippen LogP contribution in [-0.4, -0.2) is 40.1 Å². The number of amides is 1. The van der Waals surface area contributed by atoms with Crippen molar-refractivity contribution in [3.8, 4) is 5.75 Å². The molecule has 1 aromatic carbocycles. The lowest BCUT2D eigenvalue weighted by molar-refractivity contribution is 0.0689. The van der Waals surface area contributed by atoms with Gasteiger partial charge in [-0.3, -0.25) is 4.79 Å². The van der Waals surface area contributed by atoms with Crippen LogP contribution >= 0.6 is 0 Å². The van der Waals surface area contributed by atoms with E-state index in [1.54, 1.807) is 0 Å². The zero-order valence-corrected chi connectivity index (χ0v) is 12.7. The number of ether oxygens (including phenoxy) is 1. The molecule has 0 spiro atoms. The molecule has 0 bridgehead atoms. The summed E-state index contributed by atoms with van der Waals surface area (Å²) in [5.74, 6) is -0.753. The van der Waals surface area contributed by atoms with Gasteiger partial charge in [0, 0.05) is 6.54 Å².